The van der Waals surface area contributed by atoms with Crippen LogP contribution in [-0.2, 0) is 9.53 Å². The Morgan fingerprint density at radius 2 is 1.50 bits per heavy atom. The molecule has 5 heteroatoms. The second-order valence-corrected chi connectivity index (χ2v) is 11.2. The number of ether oxygens (including phenoxy) is 2. The number of benzene rings is 1. The Kier molecular flexibility index (Phi) is 8.55. The van der Waals surface area contributed by atoms with Crippen LogP contribution >= 0.6 is 0 Å². The normalized spacial score (nSPS) is 14.2. The second kappa shape index (κ2) is 10.5. The average Bonchev–Trinajstić information content (AvgIpc) is 2.67. The Bertz CT molecular complexity index is 945. The molecule has 1 unspecified atom stereocenters. The van der Waals surface area contributed by atoms with Gasteiger partial charge >= 0.3 is 11.6 Å². The predicted octanol–water partition coefficient (Wildman–Crippen LogP) is 6.76. The molecule has 0 saturated heterocycles. The van der Waals surface area contributed by atoms with Crippen molar-refractivity contribution in [3.63, 3.8) is 0 Å². The largest absolute Gasteiger partial charge is 0.493 e. The number of carbonyl (C=O) groups is 1. The molecule has 0 spiro atoms. The van der Waals surface area contributed by atoms with Gasteiger partial charge in [-0.2, -0.15) is 0 Å². The first-order valence-corrected chi connectivity index (χ1v) is 11.7. The summed E-state index contributed by atoms with van der Waals surface area (Å²) in [7, 11) is 0. The zero-order chi connectivity index (χ0) is 24.0. The lowest BCUT2D eigenvalue weighted by molar-refractivity contribution is -0.164. The van der Waals surface area contributed by atoms with E-state index >= 15 is 0 Å². The zero-order valence-electron chi connectivity index (χ0n) is 20.9. The van der Waals surface area contributed by atoms with Gasteiger partial charge in [-0.05, 0) is 68.1 Å². The maximum Gasteiger partial charge on any atom is 0.336 e. The van der Waals surface area contributed by atoms with Gasteiger partial charge in [-0.25, -0.2) is 4.79 Å². The highest BCUT2D eigenvalue weighted by Crippen LogP contribution is 2.47. The summed E-state index contributed by atoms with van der Waals surface area (Å²) in [5.41, 5.74) is -0.461. The number of hydrogen-bond acceptors (Lipinski definition) is 5. The lowest BCUT2D eigenvalue weighted by atomic mass is 9.61. The SMILES string of the molecule is CC(C)(C)CC(C)(C(=O)OCCCCCCOc1ccc2ccc(=O)oc2c1)C(C)(C)C. The van der Waals surface area contributed by atoms with Gasteiger partial charge in [-0.1, -0.05) is 41.5 Å². The molecule has 1 aromatic carbocycles. The number of fused-ring (bicyclic) bond motifs is 1. The summed E-state index contributed by atoms with van der Waals surface area (Å²) in [6.07, 6.45) is 4.53. The fourth-order valence-electron chi connectivity index (χ4n) is 3.91. The molecule has 0 fully saturated rings. The van der Waals surface area contributed by atoms with E-state index in [4.69, 9.17) is 13.9 Å². The van der Waals surface area contributed by atoms with E-state index in [9.17, 15) is 9.59 Å². The summed E-state index contributed by atoms with van der Waals surface area (Å²) >= 11 is 0. The molecule has 0 amide bonds. The van der Waals surface area contributed by atoms with Gasteiger partial charge in [0.15, 0.2) is 0 Å². The van der Waals surface area contributed by atoms with E-state index in [0.29, 0.717) is 24.5 Å². The Hall–Kier alpha value is -2.30. The Balaban J connectivity index is 1.69. The number of rotatable bonds is 10. The fraction of sp³-hybridized carbons (Fsp3) is 0.630. The van der Waals surface area contributed by atoms with E-state index < -0.39 is 5.41 Å². The lowest BCUT2D eigenvalue weighted by Gasteiger charge is -2.43. The quantitative estimate of drug-likeness (QED) is 0.230. The van der Waals surface area contributed by atoms with Crippen molar-refractivity contribution in [1.29, 1.82) is 0 Å². The van der Waals surface area contributed by atoms with Crippen LogP contribution in [-0.4, -0.2) is 19.2 Å². The van der Waals surface area contributed by atoms with Crippen LogP contribution in [0.3, 0.4) is 0 Å². The van der Waals surface area contributed by atoms with Crippen LogP contribution in [0.2, 0.25) is 0 Å². The summed E-state index contributed by atoms with van der Waals surface area (Å²) in [4.78, 5) is 24.3. The molecule has 1 aromatic heterocycles. The van der Waals surface area contributed by atoms with Crippen LogP contribution in [0.15, 0.2) is 39.5 Å². The van der Waals surface area contributed by atoms with Crippen molar-refractivity contribution in [3.05, 3.63) is 40.8 Å². The highest BCUT2D eigenvalue weighted by Gasteiger charge is 2.47. The molecule has 0 bridgehead atoms. The van der Waals surface area contributed by atoms with Crippen molar-refractivity contribution < 1.29 is 18.7 Å². The van der Waals surface area contributed by atoms with Crippen LogP contribution in [0.1, 0.15) is 80.6 Å². The third-order valence-corrected chi connectivity index (χ3v) is 6.12. The summed E-state index contributed by atoms with van der Waals surface area (Å²) in [6.45, 7) is 15.9. The number of esters is 1. The molecule has 0 aliphatic rings. The topological polar surface area (TPSA) is 65.7 Å². The standard InChI is InChI=1S/C27H40O5/c1-25(2,3)19-27(7,26(4,5)6)24(29)31-17-11-9-8-10-16-30-21-14-12-20-13-15-23(28)32-22(20)18-21/h12-15,18H,8-11,16-17,19H2,1-7H3. The van der Waals surface area contributed by atoms with Crippen LogP contribution in [0.25, 0.3) is 11.0 Å². The summed E-state index contributed by atoms with van der Waals surface area (Å²) in [5.74, 6) is 0.604. The highest BCUT2D eigenvalue weighted by molar-refractivity contribution is 5.78. The molecule has 0 saturated carbocycles. The van der Waals surface area contributed by atoms with Gasteiger partial charge in [0.2, 0.25) is 0 Å². The van der Waals surface area contributed by atoms with Gasteiger partial charge in [0.25, 0.3) is 0 Å². The molecule has 1 atom stereocenters. The first-order valence-electron chi connectivity index (χ1n) is 11.7. The molecule has 0 aliphatic heterocycles. The molecule has 32 heavy (non-hydrogen) atoms. The smallest absolute Gasteiger partial charge is 0.336 e. The van der Waals surface area contributed by atoms with E-state index in [1.165, 1.54) is 6.07 Å². The Morgan fingerprint density at radius 1 is 0.875 bits per heavy atom. The van der Waals surface area contributed by atoms with Crippen molar-refractivity contribution >= 4 is 16.9 Å². The van der Waals surface area contributed by atoms with Crippen molar-refractivity contribution in [3.8, 4) is 5.75 Å². The summed E-state index contributed by atoms with van der Waals surface area (Å²) in [5, 5.41) is 0.872. The van der Waals surface area contributed by atoms with E-state index in [0.717, 1.165) is 37.5 Å². The van der Waals surface area contributed by atoms with E-state index in [1.807, 2.05) is 19.1 Å². The van der Waals surface area contributed by atoms with Crippen molar-refractivity contribution in [2.24, 2.45) is 16.2 Å². The van der Waals surface area contributed by atoms with Crippen LogP contribution < -0.4 is 10.4 Å². The molecule has 1 heterocycles. The van der Waals surface area contributed by atoms with E-state index in [2.05, 4.69) is 41.5 Å². The fourth-order valence-corrected chi connectivity index (χ4v) is 3.91. The zero-order valence-corrected chi connectivity index (χ0v) is 20.9. The maximum absolute atomic E-state index is 12.9. The van der Waals surface area contributed by atoms with Crippen molar-refractivity contribution in [1.82, 2.24) is 0 Å². The third-order valence-electron chi connectivity index (χ3n) is 6.12. The third kappa shape index (κ3) is 7.39. The molecule has 178 valence electrons. The summed E-state index contributed by atoms with van der Waals surface area (Å²) in [6, 6.07) is 8.66. The molecule has 2 aromatic rings. The van der Waals surface area contributed by atoms with Gasteiger partial charge < -0.3 is 13.9 Å². The van der Waals surface area contributed by atoms with Crippen LogP contribution in [0.4, 0.5) is 0 Å². The van der Waals surface area contributed by atoms with Gasteiger partial charge in [0, 0.05) is 17.5 Å². The monoisotopic (exact) mass is 444 g/mol. The number of hydrogen-bond donors (Lipinski definition) is 0. The van der Waals surface area contributed by atoms with Crippen LogP contribution in [0.5, 0.6) is 5.75 Å². The predicted molar refractivity (Wildman–Crippen MR) is 129 cm³/mol. The molecule has 0 radical (unpaired) electrons. The average molecular weight is 445 g/mol. The first kappa shape index (κ1) is 26.0. The Morgan fingerprint density at radius 3 is 2.12 bits per heavy atom. The van der Waals surface area contributed by atoms with Gasteiger partial charge in [0.05, 0.1) is 18.6 Å². The lowest BCUT2D eigenvalue weighted by Crippen LogP contribution is -2.44. The molecule has 0 aliphatic carbocycles. The van der Waals surface area contributed by atoms with Crippen LogP contribution in [0, 0.1) is 16.2 Å². The minimum absolute atomic E-state index is 0.0530. The number of carbonyl (C=O) groups excluding carboxylic acids is 1. The minimum Gasteiger partial charge on any atom is -0.493 e. The highest BCUT2D eigenvalue weighted by atomic mass is 16.5. The van der Waals surface area contributed by atoms with Gasteiger partial charge in [0.1, 0.15) is 11.3 Å². The minimum atomic E-state index is -0.516. The maximum atomic E-state index is 12.9. The van der Waals surface area contributed by atoms with Gasteiger partial charge in [-0.3, -0.25) is 4.79 Å². The molecular formula is C27H40O5. The number of unbranched alkanes of at least 4 members (excludes halogenated alkanes) is 3. The van der Waals surface area contributed by atoms with Crippen molar-refractivity contribution in [2.45, 2.75) is 80.6 Å². The van der Waals surface area contributed by atoms with Crippen molar-refractivity contribution in [2.75, 3.05) is 13.2 Å². The van der Waals surface area contributed by atoms with Gasteiger partial charge in [-0.15, -0.1) is 0 Å². The molecular weight excluding hydrogens is 404 g/mol. The van der Waals surface area contributed by atoms with E-state index in [1.54, 1.807) is 12.1 Å². The van der Waals surface area contributed by atoms with E-state index in [-0.39, 0.29) is 22.4 Å². The summed E-state index contributed by atoms with van der Waals surface area (Å²) < 4.78 is 16.7. The Labute approximate surface area is 192 Å². The molecule has 2 rings (SSSR count). The molecule has 5 nitrogen and oxygen atoms in total. The second-order valence-electron chi connectivity index (χ2n) is 11.2. The molecule has 0 N–H and O–H groups in total. The first-order chi connectivity index (χ1) is 14.8.